The van der Waals surface area contributed by atoms with Crippen LogP contribution in [0.4, 0.5) is 5.69 Å². The second-order valence-corrected chi connectivity index (χ2v) is 7.64. The van der Waals surface area contributed by atoms with Crippen molar-refractivity contribution < 1.29 is 4.79 Å². The van der Waals surface area contributed by atoms with Gasteiger partial charge in [-0.2, -0.15) is 10.1 Å². The molecule has 0 unspecified atom stereocenters. The lowest BCUT2D eigenvalue weighted by molar-refractivity contribution is -0.114. The van der Waals surface area contributed by atoms with Crippen LogP contribution < -0.4 is 5.01 Å². The number of carbonyl (C=O) groups is 1. The SMILES string of the molecule is CC1=NN(c2c(Cl)cc(Cl)cc2Cl)C(=O)/C1=C\c1c(C)cc(C)cc1C. The molecule has 0 bridgehead atoms. The van der Waals surface area contributed by atoms with Gasteiger partial charge in [-0.25, -0.2) is 0 Å². The summed E-state index contributed by atoms with van der Waals surface area (Å²) in [6.07, 6.45) is 1.88. The lowest BCUT2D eigenvalue weighted by Gasteiger charge is -2.15. The lowest BCUT2D eigenvalue weighted by Crippen LogP contribution is -2.22. The van der Waals surface area contributed by atoms with Crippen molar-refractivity contribution in [1.29, 1.82) is 0 Å². The maximum Gasteiger partial charge on any atom is 0.280 e. The highest BCUT2D eigenvalue weighted by atomic mass is 35.5. The monoisotopic (exact) mass is 406 g/mol. The Labute approximate surface area is 167 Å². The van der Waals surface area contributed by atoms with E-state index in [1.165, 1.54) is 10.6 Å². The summed E-state index contributed by atoms with van der Waals surface area (Å²) in [4.78, 5) is 13.0. The maximum atomic E-state index is 13.0. The minimum absolute atomic E-state index is 0.270. The van der Waals surface area contributed by atoms with Gasteiger partial charge in [-0.05, 0) is 62.6 Å². The first-order chi connectivity index (χ1) is 12.2. The summed E-state index contributed by atoms with van der Waals surface area (Å²) in [6.45, 7) is 7.91. The Balaban J connectivity index is 2.08. The molecule has 0 aliphatic carbocycles. The molecule has 3 nitrogen and oxygen atoms in total. The zero-order chi connectivity index (χ0) is 19.2. The van der Waals surface area contributed by atoms with E-state index in [0.29, 0.717) is 22.0 Å². The van der Waals surface area contributed by atoms with E-state index in [2.05, 4.69) is 24.2 Å². The van der Waals surface area contributed by atoms with E-state index in [4.69, 9.17) is 34.8 Å². The summed E-state index contributed by atoms with van der Waals surface area (Å²) in [5.74, 6) is -0.270. The Morgan fingerprint density at radius 1 is 0.923 bits per heavy atom. The Kier molecular flexibility index (Phi) is 5.16. The summed E-state index contributed by atoms with van der Waals surface area (Å²) >= 11 is 18.5. The third kappa shape index (κ3) is 3.39. The Hall–Kier alpha value is -1.81. The number of hydrogen-bond donors (Lipinski definition) is 0. The third-order valence-corrected chi connectivity index (χ3v) is 5.08. The van der Waals surface area contributed by atoms with Gasteiger partial charge in [0.1, 0.15) is 5.69 Å². The molecule has 2 aromatic rings. The second kappa shape index (κ2) is 7.07. The molecule has 0 atom stereocenters. The van der Waals surface area contributed by atoms with Crippen LogP contribution >= 0.6 is 34.8 Å². The third-order valence-electron chi connectivity index (χ3n) is 4.28. The van der Waals surface area contributed by atoms with Crippen molar-refractivity contribution in [2.45, 2.75) is 27.7 Å². The number of nitrogens with zero attached hydrogens (tertiary/aromatic N) is 2. The highest BCUT2D eigenvalue weighted by molar-refractivity contribution is 6.44. The van der Waals surface area contributed by atoms with Gasteiger partial charge in [0.2, 0.25) is 0 Å². The molecule has 134 valence electrons. The Bertz CT molecular complexity index is 947. The molecule has 1 aliphatic heterocycles. The zero-order valence-corrected chi connectivity index (χ0v) is 17.1. The average Bonchev–Trinajstić information content (AvgIpc) is 2.77. The topological polar surface area (TPSA) is 32.7 Å². The van der Waals surface area contributed by atoms with Gasteiger partial charge in [-0.15, -0.1) is 0 Å². The minimum Gasteiger partial charge on any atom is -0.267 e. The molecule has 6 heteroatoms. The van der Waals surface area contributed by atoms with E-state index in [1.54, 1.807) is 19.1 Å². The molecule has 1 amide bonds. The van der Waals surface area contributed by atoms with Gasteiger partial charge < -0.3 is 0 Å². The van der Waals surface area contributed by atoms with E-state index in [0.717, 1.165) is 16.7 Å². The molecular weight excluding hydrogens is 391 g/mol. The van der Waals surface area contributed by atoms with Crippen molar-refractivity contribution >= 4 is 58.2 Å². The van der Waals surface area contributed by atoms with E-state index >= 15 is 0 Å². The lowest BCUT2D eigenvalue weighted by atomic mass is 9.97. The first-order valence-electron chi connectivity index (χ1n) is 8.03. The number of benzene rings is 2. The van der Waals surface area contributed by atoms with Crippen LogP contribution in [0.5, 0.6) is 0 Å². The van der Waals surface area contributed by atoms with Crippen molar-refractivity contribution in [3.63, 3.8) is 0 Å². The second-order valence-electron chi connectivity index (χ2n) is 6.39. The number of aryl methyl sites for hydroxylation is 3. The average molecular weight is 408 g/mol. The van der Waals surface area contributed by atoms with Crippen LogP contribution in [-0.2, 0) is 4.79 Å². The maximum absolute atomic E-state index is 13.0. The standard InChI is InChI=1S/C20H17Cl3N2O/c1-10-5-11(2)15(12(3)6-10)9-16-13(4)24-25(20(16)26)19-17(22)7-14(21)8-18(19)23/h5-9H,1-4H3/b16-9-. The quantitative estimate of drug-likeness (QED) is 0.532. The minimum atomic E-state index is -0.270. The highest BCUT2D eigenvalue weighted by Crippen LogP contribution is 2.39. The summed E-state index contributed by atoms with van der Waals surface area (Å²) in [7, 11) is 0. The van der Waals surface area contributed by atoms with Crippen molar-refractivity contribution in [3.8, 4) is 0 Å². The number of hydrogen-bond acceptors (Lipinski definition) is 2. The summed E-state index contributed by atoms with van der Waals surface area (Å²) < 4.78 is 0. The van der Waals surface area contributed by atoms with Crippen molar-refractivity contribution in [1.82, 2.24) is 0 Å². The fourth-order valence-electron chi connectivity index (χ4n) is 3.14. The first-order valence-corrected chi connectivity index (χ1v) is 9.16. The molecule has 0 saturated carbocycles. The van der Waals surface area contributed by atoms with Gasteiger partial charge in [-0.1, -0.05) is 52.5 Å². The smallest absolute Gasteiger partial charge is 0.267 e. The van der Waals surface area contributed by atoms with E-state index < -0.39 is 0 Å². The number of amides is 1. The van der Waals surface area contributed by atoms with Crippen LogP contribution in [0.25, 0.3) is 6.08 Å². The van der Waals surface area contributed by atoms with Crippen LogP contribution in [0.3, 0.4) is 0 Å². The fraction of sp³-hybridized carbons (Fsp3) is 0.200. The van der Waals surface area contributed by atoms with Gasteiger partial charge in [0, 0.05) is 5.02 Å². The summed E-state index contributed by atoms with van der Waals surface area (Å²) in [5, 5.41) is 6.55. The molecule has 3 rings (SSSR count). The molecule has 1 heterocycles. The van der Waals surface area contributed by atoms with E-state index in [9.17, 15) is 4.79 Å². The van der Waals surface area contributed by atoms with E-state index in [1.807, 2.05) is 19.9 Å². The molecule has 0 fully saturated rings. The van der Waals surface area contributed by atoms with Crippen molar-refractivity contribution in [2.24, 2.45) is 5.10 Å². The van der Waals surface area contributed by atoms with Crippen LogP contribution in [0, 0.1) is 20.8 Å². The predicted octanol–water partition coefficient (Wildman–Crippen LogP) is 6.38. The molecule has 0 radical (unpaired) electrons. The van der Waals surface area contributed by atoms with Crippen LogP contribution in [0.2, 0.25) is 15.1 Å². The van der Waals surface area contributed by atoms with Crippen LogP contribution in [-0.4, -0.2) is 11.6 Å². The molecular formula is C20H17Cl3N2O. The number of halogens is 3. The Morgan fingerprint density at radius 3 is 2.00 bits per heavy atom. The van der Waals surface area contributed by atoms with Gasteiger partial charge in [-0.3, -0.25) is 4.79 Å². The molecule has 0 aromatic heterocycles. The Morgan fingerprint density at radius 2 is 1.46 bits per heavy atom. The molecule has 1 aliphatic rings. The predicted molar refractivity (Wildman–Crippen MR) is 111 cm³/mol. The number of rotatable bonds is 2. The number of anilines is 1. The fourth-order valence-corrected chi connectivity index (χ4v) is 4.11. The number of hydrazone groups is 1. The number of carbonyl (C=O) groups excluding carboxylic acids is 1. The normalized spacial score (nSPS) is 15.8. The van der Waals surface area contributed by atoms with Gasteiger partial charge in [0.05, 0.1) is 21.3 Å². The molecule has 2 aromatic carbocycles. The highest BCUT2D eigenvalue weighted by Gasteiger charge is 2.31. The van der Waals surface area contributed by atoms with E-state index in [-0.39, 0.29) is 16.0 Å². The van der Waals surface area contributed by atoms with Crippen LogP contribution in [0.1, 0.15) is 29.2 Å². The first kappa shape index (κ1) is 19.0. The van der Waals surface area contributed by atoms with Crippen molar-refractivity contribution in [2.75, 3.05) is 5.01 Å². The van der Waals surface area contributed by atoms with Gasteiger partial charge >= 0.3 is 0 Å². The molecule has 0 N–H and O–H groups in total. The summed E-state index contributed by atoms with van der Waals surface area (Å²) in [5.41, 5.74) is 5.88. The van der Waals surface area contributed by atoms with Gasteiger partial charge in [0.25, 0.3) is 5.91 Å². The van der Waals surface area contributed by atoms with Gasteiger partial charge in [0.15, 0.2) is 0 Å². The van der Waals surface area contributed by atoms with Crippen LogP contribution in [0.15, 0.2) is 34.9 Å². The largest absolute Gasteiger partial charge is 0.280 e. The molecule has 26 heavy (non-hydrogen) atoms. The zero-order valence-electron chi connectivity index (χ0n) is 14.8. The summed E-state index contributed by atoms with van der Waals surface area (Å²) in [6, 6.07) is 7.27. The van der Waals surface area contributed by atoms with Crippen molar-refractivity contribution in [3.05, 3.63) is 67.2 Å². The molecule has 0 spiro atoms. The molecule has 0 saturated heterocycles.